The van der Waals surface area contributed by atoms with Crippen molar-refractivity contribution in [2.45, 2.75) is 20.1 Å². The van der Waals surface area contributed by atoms with Crippen LogP contribution in [0.5, 0.6) is 11.5 Å². The quantitative estimate of drug-likeness (QED) is 0.476. The van der Waals surface area contributed by atoms with Crippen molar-refractivity contribution in [3.05, 3.63) is 94.5 Å². The van der Waals surface area contributed by atoms with Gasteiger partial charge in [0.2, 0.25) is 0 Å². The molecule has 0 amide bonds. The number of thiocarbonyl (C=S) groups is 1. The van der Waals surface area contributed by atoms with Gasteiger partial charge in [0.25, 0.3) is 0 Å². The van der Waals surface area contributed by atoms with Crippen molar-refractivity contribution >= 4 is 28.8 Å². The van der Waals surface area contributed by atoms with E-state index in [0.29, 0.717) is 41.3 Å². The number of hydrogen-bond donors (Lipinski definition) is 1. The molecule has 0 heterocycles. The second kappa shape index (κ2) is 10.1. The molecule has 0 bridgehead atoms. The van der Waals surface area contributed by atoms with E-state index in [9.17, 15) is 0 Å². The van der Waals surface area contributed by atoms with Crippen LogP contribution in [-0.4, -0.2) is 11.6 Å². The van der Waals surface area contributed by atoms with Crippen molar-refractivity contribution in [1.82, 2.24) is 5.32 Å². The van der Waals surface area contributed by atoms with Gasteiger partial charge in [0.05, 0.1) is 11.6 Å². The number of hydrogen-bond acceptors (Lipinski definition) is 3. The van der Waals surface area contributed by atoms with Gasteiger partial charge < -0.3 is 14.8 Å². The van der Waals surface area contributed by atoms with Crippen LogP contribution in [0.15, 0.2) is 72.8 Å². The predicted octanol–water partition coefficient (Wildman–Crippen LogP) is 5.78. The van der Waals surface area contributed by atoms with Gasteiger partial charge >= 0.3 is 0 Å². The Labute approximate surface area is 176 Å². The summed E-state index contributed by atoms with van der Waals surface area (Å²) in [6, 6.07) is 23.7. The molecule has 144 valence electrons. The molecule has 0 radical (unpaired) electrons. The number of ether oxygens (including phenoxy) is 2. The lowest BCUT2D eigenvalue weighted by atomic mass is 10.1. The van der Waals surface area contributed by atoms with Crippen molar-refractivity contribution in [1.29, 1.82) is 0 Å². The van der Waals surface area contributed by atoms with Gasteiger partial charge in [-0.2, -0.15) is 0 Å². The second-order valence-electron chi connectivity index (χ2n) is 6.16. The molecule has 0 saturated heterocycles. The summed E-state index contributed by atoms with van der Waals surface area (Å²) in [5.74, 6) is 1.12. The van der Waals surface area contributed by atoms with Gasteiger partial charge in [0.1, 0.15) is 11.6 Å². The number of benzene rings is 3. The first-order valence-corrected chi connectivity index (χ1v) is 9.91. The third-order valence-corrected chi connectivity index (χ3v) is 4.75. The van der Waals surface area contributed by atoms with Crippen LogP contribution in [0.25, 0.3) is 0 Å². The molecule has 1 N–H and O–H groups in total. The molecule has 0 saturated carbocycles. The summed E-state index contributed by atoms with van der Waals surface area (Å²) in [5, 5.41) is 3.74. The Balaban J connectivity index is 1.74. The van der Waals surface area contributed by atoms with E-state index in [0.717, 1.165) is 16.7 Å². The van der Waals surface area contributed by atoms with E-state index in [1.54, 1.807) is 0 Å². The van der Waals surface area contributed by atoms with Crippen LogP contribution in [0.3, 0.4) is 0 Å². The van der Waals surface area contributed by atoms with Gasteiger partial charge in [-0.25, -0.2) is 0 Å². The van der Waals surface area contributed by atoms with Crippen LogP contribution >= 0.6 is 23.8 Å². The minimum Gasteiger partial charge on any atom is -0.490 e. The van der Waals surface area contributed by atoms with Crippen molar-refractivity contribution < 1.29 is 9.47 Å². The van der Waals surface area contributed by atoms with Gasteiger partial charge in [-0.05, 0) is 30.2 Å². The average molecular weight is 412 g/mol. The molecule has 0 fully saturated rings. The van der Waals surface area contributed by atoms with Gasteiger partial charge in [0.15, 0.2) is 11.5 Å². The first-order chi connectivity index (χ1) is 13.7. The minimum absolute atomic E-state index is 0.413. The molecule has 0 aliphatic rings. The van der Waals surface area contributed by atoms with Crippen molar-refractivity contribution in [3.63, 3.8) is 0 Å². The molecule has 0 atom stereocenters. The Kier molecular flexibility index (Phi) is 7.29. The fourth-order valence-corrected chi connectivity index (χ4v) is 3.17. The molecule has 0 aliphatic heterocycles. The highest BCUT2D eigenvalue weighted by Crippen LogP contribution is 2.37. The zero-order valence-electron chi connectivity index (χ0n) is 15.7. The molecular formula is C23H22ClNO2S. The predicted molar refractivity (Wildman–Crippen MR) is 118 cm³/mol. The molecule has 3 rings (SSSR count). The highest BCUT2D eigenvalue weighted by Gasteiger charge is 2.15. The fourth-order valence-electron chi connectivity index (χ4n) is 2.71. The lowest BCUT2D eigenvalue weighted by Gasteiger charge is -2.16. The Morgan fingerprint density at radius 1 is 0.929 bits per heavy atom. The number of rotatable bonds is 8. The van der Waals surface area contributed by atoms with E-state index in [4.69, 9.17) is 33.3 Å². The SMILES string of the molecule is CCOc1cc(C(=S)NCc2ccccc2)cc(Cl)c1OCc1ccccc1. The van der Waals surface area contributed by atoms with Crippen molar-refractivity contribution in [2.24, 2.45) is 0 Å². The van der Waals surface area contributed by atoms with Crippen LogP contribution < -0.4 is 14.8 Å². The summed E-state index contributed by atoms with van der Waals surface area (Å²) >= 11 is 12.0. The largest absolute Gasteiger partial charge is 0.490 e. The molecule has 0 unspecified atom stereocenters. The maximum Gasteiger partial charge on any atom is 0.180 e. The minimum atomic E-state index is 0.413. The first-order valence-electron chi connectivity index (χ1n) is 9.12. The maximum absolute atomic E-state index is 6.51. The van der Waals surface area contributed by atoms with E-state index >= 15 is 0 Å². The third kappa shape index (κ3) is 5.47. The second-order valence-corrected chi connectivity index (χ2v) is 6.98. The van der Waals surface area contributed by atoms with Gasteiger partial charge in [0, 0.05) is 12.1 Å². The van der Waals surface area contributed by atoms with E-state index in [1.165, 1.54) is 0 Å². The Morgan fingerprint density at radius 3 is 2.21 bits per heavy atom. The average Bonchev–Trinajstić information content (AvgIpc) is 2.73. The van der Waals surface area contributed by atoms with Gasteiger partial charge in [-0.15, -0.1) is 0 Å². The zero-order valence-corrected chi connectivity index (χ0v) is 17.2. The summed E-state index contributed by atoms with van der Waals surface area (Å²) in [6.07, 6.45) is 0. The van der Waals surface area contributed by atoms with E-state index in [2.05, 4.69) is 17.4 Å². The summed E-state index contributed by atoms with van der Waals surface area (Å²) in [6.45, 7) is 3.49. The van der Waals surface area contributed by atoms with Crippen LogP contribution in [0.1, 0.15) is 23.6 Å². The lowest BCUT2D eigenvalue weighted by Crippen LogP contribution is -2.21. The van der Waals surface area contributed by atoms with E-state index in [-0.39, 0.29) is 0 Å². The molecule has 28 heavy (non-hydrogen) atoms. The molecule has 3 nitrogen and oxygen atoms in total. The standard InChI is InChI=1S/C23H22ClNO2S/c1-2-26-21-14-19(23(28)25-15-17-9-5-3-6-10-17)13-20(24)22(21)27-16-18-11-7-4-8-12-18/h3-14H,2,15-16H2,1H3,(H,25,28). The molecule has 0 aliphatic carbocycles. The summed E-state index contributed by atoms with van der Waals surface area (Å²) in [5.41, 5.74) is 3.01. The van der Waals surface area contributed by atoms with Crippen LogP contribution in [0, 0.1) is 0 Å². The maximum atomic E-state index is 6.51. The zero-order chi connectivity index (χ0) is 19.8. The molecule has 3 aromatic carbocycles. The fraction of sp³-hybridized carbons (Fsp3) is 0.174. The Hall–Kier alpha value is -2.56. The lowest BCUT2D eigenvalue weighted by molar-refractivity contribution is 0.269. The molecule has 3 aromatic rings. The Bertz CT molecular complexity index is 917. The molecular weight excluding hydrogens is 390 g/mol. The topological polar surface area (TPSA) is 30.5 Å². The molecule has 0 aromatic heterocycles. The van der Waals surface area contributed by atoms with Crippen LogP contribution in [0.4, 0.5) is 0 Å². The summed E-state index contributed by atoms with van der Waals surface area (Å²) in [7, 11) is 0. The number of halogens is 1. The highest BCUT2D eigenvalue weighted by molar-refractivity contribution is 7.80. The number of nitrogens with one attached hydrogen (secondary N) is 1. The first kappa shape index (κ1) is 20.2. The van der Waals surface area contributed by atoms with E-state index < -0.39 is 0 Å². The summed E-state index contributed by atoms with van der Waals surface area (Å²) in [4.78, 5) is 0.612. The van der Waals surface area contributed by atoms with Gasteiger partial charge in [-0.1, -0.05) is 84.5 Å². The van der Waals surface area contributed by atoms with Gasteiger partial charge in [-0.3, -0.25) is 0 Å². The molecule has 0 spiro atoms. The normalized spacial score (nSPS) is 10.4. The highest BCUT2D eigenvalue weighted by atomic mass is 35.5. The van der Waals surface area contributed by atoms with Crippen LogP contribution in [-0.2, 0) is 13.2 Å². The Morgan fingerprint density at radius 2 is 1.57 bits per heavy atom. The van der Waals surface area contributed by atoms with Crippen LogP contribution in [0.2, 0.25) is 5.02 Å². The monoisotopic (exact) mass is 411 g/mol. The van der Waals surface area contributed by atoms with E-state index in [1.807, 2.05) is 67.6 Å². The summed E-state index contributed by atoms with van der Waals surface area (Å²) < 4.78 is 11.7. The van der Waals surface area contributed by atoms with Crippen molar-refractivity contribution in [3.8, 4) is 11.5 Å². The molecule has 5 heteroatoms. The van der Waals surface area contributed by atoms with Crippen molar-refractivity contribution in [2.75, 3.05) is 6.61 Å². The smallest absolute Gasteiger partial charge is 0.180 e. The third-order valence-electron chi connectivity index (χ3n) is 4.09.